The maximum absolute atomic E-state index is 13.0. The molecule has 0 spiro atoms. The predicted octanol–water partition coefficient (Wildman–Crippen LogP) is 1.64. The summed E-state index contributed by atoms with van der Waals surface area (Å²) in [5.74, 6) is -0.516. The number of halogens is 1. The average Bonchev–Trinajstić information content (AvgIpc) is 2.28. The number of carbonyl (C=O) groups excluding carboxylic acids is 1. The van der Waals surface area contributed by atoms with Crippen LogP contribution in [0.3, 0.4) is 0 Å². The maximum atomic E-state index is 13.0. The van der Waals surface area contributed by atoms with E-state index in [1.165, 1.54) is 18.2 Å². The Hall–Kier alpha value is -1.42. The van der Waals surface area contributed by atoms with E-state index in [0.29, 0.717) is 24.1 Å². The first kappa shape index (κ1) is 12.6. The fourth-order valence-corrected chi connectivity index (χ4v) is 1.33. The van der Waals surface area contributed by atoms with Gasteiger partial charge in [-0.25, -0.2) is 4.39 Å². The van der Waals surface area contributed by atoms with Crippen molar-refractivity contribution in [3.8, 4) is 0 Å². The number of amides is 1. The van der Waals surface area contributed by atoms with E-state index in [-0.39, 0.29) is 18.3 Å². The van der Waals surface area contributed by atoms with Crippen LogP contribution in [0.4, 0.5) is 4.39 Å². The summed E-state index contributed by atoms with van der Waals surface area (Å²) in [4.78, 5) is 11.6. The fraction of sp³-hybridized carbons (Fsp3) is 0.417. The molecular weight excluding hydrogens is 209 g/mol. The van der Waals surface area contributed by atoms with Gasteiger partial charge in [0.1, 0.15) is 5.82 Å². The molecule has 0 saturated carbocycles. The van der Waals surface area contributed by atoms with Crippen molar-refractivity contribution in [3.63, 3.8) is 0 Å². The van der Waals surface area contributed by atoms with Crippen molar-refractivity contribution in [2.45, 2.75) is 19.8 Å². The highest BCUT2D eigenvalue weighted by atomic mass is 19.1. The highest BCUT2D eigenvalue weighted by molar-refractivity contribution is 5.94. The monoisotopic (exact) mass is 225 g/mol. The molecular formula is C12H16FNO2. The Bertz CT molecular complexity index is 366. The quantitative estimate of drug-likeness (QED) is 0.748. The van der Waals surface area contributed by atoms with Gasteiger partial charge in [0.2, 0.25) is 0 Å². The van der Waals surface area contributed by atoms with E-state index in [1.54, 1.807) is 6.92 Å². The van der Waals surface area contributed by atoms with Crippen LogP contribution in [-0.2, 0) is 0 Å². The van der Waals surface area contributed by atoms with Gasteiger partial charge in [-0.3, -0.25) is 4.79 Å². The third kappa shape index (κ3) is 3.62. The van der Waals surface area contributed by atoms with Crippen molar-refractivity contribution in [2.24, 2.45) is 0 Å². The van der Waals surface area contributed by atoms with Crippen LogP contribution in [0.5, 0.6) is 0 Å². The summed E-state index contributed by atoms with van der Waals surface area (Å²) in [6, 6.07) is 4.28. The molecule has 0 unspecified atom stereocenters. The van der Waals surface area contributed by atoms with Crippen molar-refractivity contribution in [2.75, 3.05) is 13.2 Å². The van der Waals surface area contributed by atoms with Crippen LogP contribution in [0.1, 0.15) is 28.8 Å². The lowest BCUT2D eigenvalue weighted by Gasteiger charge is -2.05. The van der Waals surface area contributed by atoms with Gasteiger partial charge < -0.3 is 10.4 Å². The lowest BCUT2D eigenvalue weighted by Crippen LogP contribution is -2.24. The molecule has 0 aliphatic carbocycles. The Kier molecular flexibility index (Phi) is 4.92. The molecule has 0 aromatic heterocycles. The molecule has 0 radical (unpaired) electrons. The minimum atomic E-state index is -0.308. The predicted molar refractivity (Wildman–Crippen MR) is 59.8 cm³/mol. The van der Waals surface area contributed by atoms with Gasteiger partial charge in [-0.15, -0.1) is 0 Å². The number of nitrogens with one attached hydrogen (secondary N) is 1. The molecule has 1 aromatic rings. The summed E-state index contributed by atoms with van der Waals surface area (Å²) in [6.07, 6.45) is 1.41. The number of rotatable bonds is 5. The first-order valence-corrected chi connectivity index (χ1v) is 5.30. The zero-order valence-electron chi connectivity index (χ0n) is 9.29. The van der Waals surface area contributed by atoms with Crippen molar-refractivity contribution < 1.29 is 14.3 Å². The zero-order valence-corrected chi connectivity index (χ0v) is 9.29. The van der Waals surface area contributed by atoms with Crippen LogP contribution in [-0.4, -0.2) is 24.2 Å². The molecule has 0 fully saturated rings. The number of hydrogen-bond acceptors (Lipinski definition) is 2. The summed E-state index contributed by atoms with van der Waals surface area (Å²) >= 11 is 0. The van der Waals surface area contributed by atoms with Gasteiger partial charge in [0.05, 0.1) is 0 Å². The van der Waals surface area contributed by atoms with E-state index < -0.39 is 0 Å². The van der Waals surface area contributed by atoms with Gasteiger partial charge in [-0.2, -0.15) is 0 Å². The van der Waals surface area contributed by atoms with Crippen LogP contribution in [0.25, 0.3) is 0 Å². The molecule has 0 aliphatic rings. The highest BCUT2D eigenvalue weighted by Crippen LogP contribution is 2.08. The summed E-state index contributed by atoms with van der Waals surface area (Å²) in [7, 11) is 0. The number of unbranched alkanes of at least 4 members (excludes halogenated alkanes) is 1. The summed E-state index contributed by atoms with van der Waals surface area (Å²) < 4.78 is 13.0. The van der Waals surface area contributed by atoms with Gasteiger partial charge >= 0.3 is 0 Å². The summed E-state index contributed by atoms with van der Waals surface area (Å²) in [5.41, 5.74) is 0.922. The van der Waals surface area contributed by atoms with Crippen molar-refractivity contribution in [3.05, 3.63) is 35.1 Å². The molecule has 1 amide bonds. The summed E-state index contributed by atoms with van der Waals surface area (Å²) in [5, 5.41) is 11.3. The second kappa shape index (κ2) is 6.23. The average molecular weight is 225 g/mol. The zero-order chi connectivity index (χ0) is 12.0. The number of aliphatic hydroxyl groups is 1. The molecule has 0 aliphatic heterocycles. The standard InChI is InChI=1S/C12H16FNO2/c1-9-8-10(4-5-11(9)13)12(16)14-6-2-3-7-15/h4-5,8,15H,2-3,6-7H2,1H3,(H,14,16). The first-order chi connectivity index (χ1) is 7.65. The minimum Gasteiger partial charge on any atom is -0.396 e. The van der Waals surface area contributed by atoms with Crippen molar-refractivity contribution in [1.82, 2.24) is 5.32 Å². The second-order valence-electron chi connectivity index (χ2n) is 3.65. The first-order valence-electron chi connectivity index (χ1n) is 5.30. The Labute approximate surface area is 94.3 Å². The van der Waals surface area contributed by atoms with E-state index in [0.717, 1.165) is 6.42 Å². The van der Waals surface area contributed by atoms with Crippen LogP contribution in [0, 0.1) is 12.7 Å². The Morgan fingerprint density at radius 1 is 1.44 bits per heavy atom. The molecule has 88 valence electrons. The van der Waals surface area contributed by atoms with E-state index >= 15 is 0 Å². The van der Waals surface area contributed by atoms with Crippen LogP contribution < -0.4 is 5.32 Å². The fourth-order valence-electron chi connectivity index (χ4n) is 1.33. The number of aryl methyl sites for hydroxylation is 1. The van der Waals surface area contributed by atoms with Crippen molar-refractivity contribution in [1.29, 1.82) is 0 Å². The third-order valence-electron chi connectivity index (χ3n) is 2.29. The third-order valence-corrected chi connectivity index (χ3v) is 2.29. The molecule has 4 heteroatoms. The molecule has 1 rings (SSSR count). The Morgan fingerprint density at radius 2 is 2.19 bits per heavy atom. The second-order valence-corrected chi connectivity index (χ2v) is 3.65. The SMILES string of the molecule is Cc1cc(C(=O)NCCCCO)ccc1F. The maximum Gasteiger partial charge on any atom is 0.251 e. The normalized spacial score (nSPS) is 10.2. The number of benzene rings is 1. The van der Waals surface area contributed by atoms with E-state index in [9.17, 15) is 9.18 Å². The van der Waals surface area contributed by atoms with Crippen LogP contribution >= 0.6 is 0 Å². The molecule has 1 aromatic carbocycles. The highest BCUT2D eigenvalue weighted by Gasteiger charge is 2.06. The van der Waals surface area contributed by atoms with Crippen LogP contribution in [0.2, 0.25) is 0 Å². The van der Waals surface area contributed by atoms with E-state index in [1.807, 2.05) is 0 Å². The molecule has 3 nitrogen and oxygen atoms in total. The number of hydrogen-bond donors (Lipinski definition) is 2. The number of aliphatic hydroxyl groups excluding tert-OH is 1. The topological polar surface area (TPSA) is 49.3 Å². The van der Waals surface area contributed by atoms with E-state index in [2.05, 4.69) is 5.32 Å². The van der Waals surface area contributed by atoms with Crippen LogP contribution in [0.15, 0.2) is 18.2 Å². The molecule has 16 heavy (non-hydrogen) atoms. The largest absolute Gasteiger partial charge is 0.396 e. The van der Waals surface area contributed by atoms with E-state index in [4.69, 9.17) is 5.11 Å². The Morgan fingerprint density at radius 3 is 2.81 bits per heavy atom. The number of carbonyl (C=O) groups is 1. The van der Waals surface area contributed by atoms with Gasteiger partial charge in [0.25, 0.3) is 5.91 Å². The van der Waals surface area contributed by atoms with Gasteiger partial charge in [0, 0.05) is 18.7 Å². The smallest absolute Gasteiger partial charge is 0.251 e. The van der Waals surface area contributed by atoms with Crippen molar-refractivity contribution >= 4 is 5.91 Å². The summed E-state index contributed by atoms with van der Waals surface area (Å²) in [6.45, 7) is 2.28. The molecule has 0 bridgehead atoms. The lowest BCUT2D eigenvalue weighted by molar-refractivity contribution is 0.0952. The Balaban J connectivity index is 2.50. The molecule has 0 heterocycles. The molecule has 0 saturated heterocycles. The molecule has 2 N–H and O–H groups in total. The minimum absolute atomic E-state index is 0.130. The van der Waals surface area contributed by atoms with Gasteiger partial charge in [-0.1, -0.05) is 0 Å². The van der Waals surface area contributed by atoms with Gasteiger partial charge in [-0.05, 0) is 43.5 Å². The van der Waals surface area contributed by atoms with Gasteiger partial charge in [0.15, 0.2) is 0 Å². The molecule has 0 atom stereocenters. The lowest BCUT2D eigenvalue weighted by atomic mass is 10.1.